The van der Waals surface area contributed by atoms with E-state index in [0.29, 0.717) is 12.0 Å². The van der Waals surface area contributed by atoms with Gasteiger partial charge in [-0.05, 0) is 72.4 Å². The molecule has 0 aromatic heterocycles. The van der Waals surface area contributed by atoms with Gasteiger partial charge >= 0.3 is 6.09 Å². The third-order valence-corrected chi connectivity index (χ3v) is 9.05. The fourth-order valence-corrected chi connectivity index (χ4v) is 6.77. The van der Waals surface area contributed by atoms with Crippen LogP contribution in [0.4, 0.5) is 4.79 Å². The molecule has 10 nitrogen and oxygen atoms in total. The van der Waals surface area contributed by atoms with Crippen molar-refractivity contribution in [3.05, 3.63) is 64.7 Å². The largest absolute Gasteiger partial charge is 0.508 e. The van der Waals surface area contributed by atoms with Gasteiger partial charge in [-0.25, -0.2) is 4.79 Å². The van der Waals surface area contributed by atoms with Crippen LogP contribution < -0.4 is 10.6 Å². The Morgan fingerprint density at radius 3 is 2.51 bits per heavy atom. The number of nitrogens with one attached hydrogen (secondary N) is 2. The van der Waals surface area contributed by atoms with Gasteiger partial charge in [0, 0.05) is 13.5 Å². The Balaban J connectivity index is 1.49. The van der Waals surface area contributed by atoms with Gasteiger partial charge in [0.15, 0.2) is 0 Å². The van der Waals surface area contributed by atoms with Crippen molar-refractivity contribution in [2.75, 3.05) is 7.05 Å². The van der Waals surface area contributed by atoms with Gasteiger partial charge in [0.1, 0.15) is 23.9 Å². The summed E-state index contributed by atoms with van der Waals surface area (Å²) in [4.78, 5) is 55.4. The summed E-state index contributed by atoms with van der Waals surface area (Å²) < 4.78 is 0. The summed E-state index contributed by atoms with van der Waals surface area (Å²) in [6.07, 6.45) is 2.09. The number of phenolic OH excluding ortho intramolecular Hbond substituents is 1. The first-order chi connectivity index (χ1) is 19.4. The van der Waals surface area contributed by atoms with Crippen molar-refractivity contribution in [1.82, 2.24) is 20.4 Å². The molecule has 2 heterocycles. The molecule has 1 fully saturated rings. The molecule has 41 heavy (non-hydrogen) atoms. The zero-order chi connectivity index (χ0) is 29.6. The molecule has 5 atom stereocenters. The van der Waals surface area contributed by atoms with Gasteiger partial charge < -0.3 is 25.7 Å². The van der Waals surface area contributed by atoms with Crippen LogP contribution in [-0.2, 0) is 27.2 Å². The molecular weight excluding hydrogens is 524 g/mol. The number of phenols is 1. The quantitative estimate of drug-likeness (QED) is 0.441. The SMILES string of the molecule is C[C@@H](C(=O)N[C@H]1Cc2cc(O)ccc2[C@H]2CC(C)(C)C(C(=O)N[C@@H]3CCCc4ccccc43)N2C1=O)N(C)C(=O)O. The van der Waals surface area contributed by atoms with Crippen LogP contribution in [0.3, 0.4) is 0 Å². The summed E-state index contributed by atoms with van der Waals surface area (Å²) in [7, 11) is 1.29. The number of aryl methyl sites for hydroxylation is 1. The molecule has 218 valence electrons. The Morgan fingerprint density at radius 1 is 1.05 bits per heavy atom. The first kappa shape index (κ1) is 28.4. The lowest BCUT2D eigenvalue weighted by atomic mass is 9.81. The maximum Gasteiger partial charge on any atom is 0.407 e. The molecule has 1 aliphatic carbocycles. The summed E-state index contributed by atoms with van der Waals surface area (Å²) in [5.41, 5.74) is 3.26. The maximum absolute atomic E-state index is 14.3. The van der Waals surface area contributed by atoms with Gasteiger partial charge in [0.2, 0.25) is 17.7 Å². The molecule has 4 amide bonds. The van der Waals surface area contributed by atoms with Gasteiger partial charge in [-0.1, -0.05) is 44.2 Å². The highest BCUT2D eigenvalue weighted by Gasteiger charge is 2.55. The Hall–Kier alpha value is -4.08. The van der Waals surface area contributed by atoms with Crippen LogP contribution in [0, 0.1) is 5.41 Å². The average molecular weight is 563 g/mol. The van der Waals surface area contributed by atoms with E-state index in [4.69, 9.17) is 0 Å². The van der Waals surface area contributed by atoms with Crippen LogP contribution in [0.25, 0.3) is 0 Å². The second-order valence-electron chi connectivity index (χ2n) is 12.2. The summed E-state index contributed by atoms with van der Waals surface area (Å²) >= 11 is 0. The second kappa shape index (κ2) is 10.7. The molecule has 3 aliphatic rings. The Labute approximate surface area is 239 Å². The molecule has 2 aromatic rings. The number of carbonyl (C=O) groups is 4. The standard InChI is InChI=1S/C31H38N4O6/c1-17(34(4)30(40)41)27(37)33-24-15-19-14-20(36)12-13-22(19)25-16-31(2,3)26(35(25)29(24)39)28(38)32-23-11-7-9-18-8-5-6-10-21(18)23/h5-6,8,10,12-14,17,23-26,36H,7,9,11,15-16H2,1-4H3,(H,32,38)(H,33,37)(H,40,41)/t17-,23+,24-,25+,26?/m0/s1. The number of carboxylic acid groups (broad SMARTS) is 1. The fraction of sp³-hybridized carbons (Fsp3) is 0.484. The lowest BCUT2D eigenvalue weighted by Gasteiger charge is -2.36. The molecule has 1 saturated heterocycles. The van der Waals surface area contributed by atoms with Crippen LogP contribution in [0.1, 0.15) is 74.4 Å². The molecule has 0 bridgehead atoms. The van der Waals surface area contributed by atoms with Gasteiger partial charge in [-0.2, -0.15) is 0 Å². The number of hydrogen-bond acceptors (Lipinski definition) is 5. The molecule has 2 aromatic carbocycles. The van der Waals surface area contributed by atoms with Crippen LogP contribution >= 0.6 is 0 Å². The minimum absolute atomic E-state index is 0.0382. The second-order valence-corrected chi connectivity index (χ2v) is 12.2. The van der Waals surface area contributed by atoms with Crippen molar-refractivity contribution >= 4 is 23.8 Å². The fourth-order valence-electron chi connectivity index (χ4n) is 6.77. The lowest BCUT2D eigenvalue weighted by molar-refractivity contribution is -0.145. The van der Waals surface area contributed by atoms with Gasteiger partial charge in [0.25, 0.3) is 0 Å². The minimum atomic E-state index is -1.27. The number of hydrogen-bond donors (Lipinski definition) is 4. The first-order valence-corrected chi connectivity index (χ1v) is 14.2. The number of aromatic hydroxyl groups is 1. The number of fused-ring (bicyclic) bond motifs is 4. The zero-order valence-corrected chi connectivity index (χ0v) is 23.9. The third kappa shape index (κ3) is 5.23. The van der Waals surface area contributed by atoms with Crippen LogP contribution in [0.15, 0.2) is 42.5 Å². The third-order valence-electron chi connectivity index (χ3n) is 9.05. The monoisotopic (exact) mass is 562 g/mol. The topological polar surface area (TPSA) is 139 Å². The van der Waals surface area contributed by atoms with E-state index >= 15 is 0 Å². The Morgan fingerprint density at radius 2 is 1.78 bits per heavy atom. The van der Waals surface area contributed by atoms with E-state index in [1.165, 1.54) is 19.5 Å². The Bertz CT molecular complexity index is 1390. The van der Waals surface area contributed by atoms with Crippen molar-refractivity contribution in [1.29, 1.82) is 0 Å². The van der Waals surface area contributed by atoms with Crippen LogP contribution in [0.2, 0.25) is 0 Å². The summed E-state index contributed by atoms with van der Waals surface area (Å²) in [6.45, 7) is 5.40. The van der Waals surface area contributed by atoms with Crippen molar-refractivity contribution in [2.24, 2.45) is 5.41 Å². The number of benzene rings is 2. The predicted molar refractivity (Wildman–Crippen MR) is 151 cm³/mol. The molecule has 1 unspecified atom stereocenters. The summed E-state index contributed by atoms with van der Waals surface area (Å²) in [6, 6.07) is 9.59. The van der Waals surface area contributed by atoms with Gasteiger partial charge in [-0.3, -0.25) is 19.3 Å². The number of nitrogens with zero attached hydrogens (tertiary/aromatic N) is 2. The smallest absolute Gasteiger partial charge is 0.407 e. The predicted octanol–water partition coefficient (Wildman–Crippen LogP) is 3.29. The highest BCUT2D eigenvalue weighted by atomic mass is 16.4. The molecular formula is C31H38N4O6. The van der Waals surface area contributed by atoms with E-state index in [-0.39, 0.29) is 24.1 Å². The van der Waals surface area contributed by atoms with Gasteiger partial charge in [0.05, 0.1) is 12.1 Å². The van der Waals surface area contributed by atoms with E-state index in [9.17, 15) is 29.4 Å². The molecule has 10 heteroatoms. The lowest BCUT2D eigenvalue weighted by Crippen LogP contribution is -2.58. The molecule has 4 N–H and O–H groups in total. The van der Waals surface area contributed by atoms with Crippen LogP contribution in [-0.4, -0.2) is 69.0 Å². The molecule has 0 radical (unpaired) electrons. The molecule has 5 rings (SSSR count). The maximum atomic E-state index is 14.3. The van der Waals surface area contributed by atoms with E-state index in [0.717, 1.165) is 35.3 Å². The van der Waals surface area contributed by atoms with Crippen molar-refractivity contribution in [3.63, 3.8) is 0 Å². The van der Waals surface area contributed by atoms with E-state index in [1.54, 1.807) is 23.1 Å². The number of amides is 4. The summed E-state index contributed by atoms with van der Waals surface area (Å²) in [5.74, 6) is -1.22. The minimum Gasteiger partial charge on any atom is -0.508 e. The van der Waals surface area contributed by atoms with E-state index in [1.807, 2.05) is 32.0 Å². The van der Waals surface area contributed by atoms with E-state index < -0.39 is 47.5 Å². The highest BCUT2D eigenvalue weighted by molar-refractivity contribution is 5.95. The van der Waals surface area contributed by atoms with Crippen LogP contribution in [0.5, 0.6) is 5.75 Å². The van der Waals surface area contributed by atoms with Crippen molar-refractivity contribution in [2.45, 2.75) is 83.1 Å². The number of likely N-dealkylation sites (N-methyl/N-ethyl adjacent to an activating group) is 1. The first-order valence-electron chi connectivity index (χ1n) is 14.2. The Kier molecular flexibility index (Phi) is 7.44. The molecule has 2 aliphatic heterocycles. The van der Waals surface area contributed by atoms with Crippen molar-refractivity contribution in [3.8, 4) is 5.75 Å². The molecule has 0 spiro atoms. The normalized spacial score (nSPS) is 25.2. The van der Waals surface area contributed by atoms with Crippen molar-refractivity contribution < 1.29 is 29.4 Å². The van der Waals surface area contributed by atoms with E-state index in [2.05, 4.69) is 16.7 Å². The number of rotatable bonds is 5. The van der Waals surface area contributed by atoms with Gasteiger partial charge in [-0.15, -0.1) is 0 Å². The zero-order valence-electron chi connectivity index (χ0n) is 23.9. The highest BCUT2D eigenvalue weighted by Crippen LogP contribution is 2.50. The summed E-state index contributed by atoms with van der Waals surface area (Å²) in [5, 5.41) is 25.6. The molecule has 0 saturated carbocycles. The average Bonchev–Trinajstić information content (AvgIpc) is 3.17. The number of carbonyl (C=O) groups excluding carboxylic acids is 3.